The third-order valence-corrected chi connectivity index (χ3v) is 3.94. The van der Waals surface area contributed by atoms with Crippen LogP contribution < -0.4 is 5.32 Å². The molecule has 1 heterocycles. The van der Waals surface area contributed by atoms with Gasteiger partial charge in [0.1, 0.15) is 11.6 Å². The second-order valence-electron chi connectivity index (χ2n) is 5.34. The quantitative estimate of drug-likeness (QED) is 0.855. The molecule has 1 aromatic rings. The molecule has 1 aliphatic carbocycles. The Kier molecular flexibility index (Phi) is 4.97. The molecule has 100 valence electrons. The first-order chi connectivity index (χ1) is 8.83. The lowest BCUT2D eigenvalue weighted by Crippen LogP contribution is -2.15. The predicted molar refractivity (Wildman–Crippen MR) is 75.8 cm³/mol. The van der Waals surface area contributed by atoms with Crippen molar-refractivity contribution in [1.82, 2.24) is 9.97 Å². The Hall–Kier alpha value is -1.12. The number of nitrogens with zero attached hydrogens (tertiary/aromatic N) is 2. The van der Waals surface area contributed by atoms with Crippen LogP contribution in [0.1, 0.15) is 64.1 Å². The summed E-state index contributed by atoms with van der Waals surface area (Å²) in [4.78, 5) is 9.10. The largest absolute Gasteiger partial charge is 0.370 e. The Morgan fingerprint density at radius 1 is 1.22 bits per heavy atom. The molecular weight excluding hydrogens is 222 g/mol. The van der Waals surface area contributed by atoms with Crippen molar-refractivity contribution < 1.29 is 0 Å². The van der Waals surface area contributed by atoms with Gasteiger partial charge in [0, 0.05) is 18.7 Å². The topological polar surface area (TPSA) is 37.8 Å². The monoisotopic (exact) mass is 247 g/mol. The SMILES string of the molecule is CCCC1CCC(c2nccc(NCC)n2)CC1. The first kappa shape index (κ1) is 13.3. The van der Waals surface area contributed by atoms with Crippen molar-refractivity contribution in [2.24, 2.45) is 5.92 Å². The second-order valence-corrected chi connectivity index (χ2v) is 5.34. The first-order valence-electron chi connectivity index (χ1n) is 7.40. The summed E-state index contributed by atoms with van der Waals surface area (Å²) < 4.78 is 0. The molecular formula is C15H25N3. The highest BCUT2D eigenvalue weighted by Crippen LogP contribution is 2.36. The maximum absolute atomic E-state index is 4.63. The number of anilines is 1. The summed E-state index contributed by atoms with van der Waals surface area (Å²) in [5.74, 6) is 3.54. The molecule has 0 saturated heterocycles. The molecule has 0 unspecified atom stereocenters. The zero-order valence-electron chi connectivity index (χ0n) is 11.7. The van der Waals surface area contributed by atoms with Gasteiger partial charge in [-0.25, -0.2) is 9.97 Å². The molecule has 2 rings (SSSR count). The van der Waals surface area contributed by atoms with Gasteiger partial charge >= 0.3 is 0 Å². The molecule has 1 aromatic heterocycles. The Labute approximate surface area is 110 Å². The lowest BCUT2D eigenvalue weighted by Gasteiger charge is -2.27. The molecule has 0 aliphatic heterocycles. The molecule has 1 aliphatic rings. The van der Waals surface area contributed by atoms with Crippen LogP contribution >= 0.6 is 0 Å². The van der Waals surface area contributed by atoms with E-state index in [1.807, 2.05) is 12.3 Å². The Morgan fingerprint density at radius 3 is 2.67 bits per heavy atom. The third-order valence-electron chi connectivity index (χ3n) is 3.94. The van der Waals surface area contributed by atoms with Gasteiger partial charge in [0.15, 0.2) is 0 Å². The van der Waals surface area contributed by atoms with Gasteiger partial charge in [0.05, 0.1) is 0 Å². The van der Waals surface area contributed by atoms with Gasteiger partial charge in [-0.15, -0.1) is 0 Å². The maximum Gasteiger partial charge on any atom is 0.133 e. The average molecular weight is 247 g/mol. The highest BCUT2D eigenvalue weighted by Gasteiger charge is 2.23. The van der Waals surface area contributed by atoms with Gasteiger partial charge < -0.3 is 5.32 Å². The van der Waals surface area contributed by atoms with Gasteiger partial charge in [-0.3, -0.25) is 0 Å². The normalized spacial score (nSPS) is 23.9. The fraction of sp³-hybridized carbons (Fsp3) is 0.733. The van der Waals surface area contributed by atoms with E-state index >= 15 is 0 Å². The summed E-state index contributed by atoms with van der Waals surface area (Å²) in [6, 6.07) is 1.95. The molecule has 0 radical (unpaired) electrons. The second kappa shape index (κ2) is 6.72. The summed E-state index contributed by atoms with van der Waals surface area (Å²) in [6.07, 6.45) is 9.84. The first-order valence-corrected chi connectivity index (χ1v) is 7.40. The lowest BCUT2D eigenvalue weighted by molar-refractivity contribution is 0.302. The van der Waals surface area contributed by atoms with Crippen LogP contribution in [0.3, 0.4) is 0 Å². The van der Waals surface area contributed by atoms with E-state index in [4.69, 9.17) is 0 Å². The van der Waals surface area contributed by atoms with Crippen molar-refractivity contribution in [1.29, 1.82) is 0 Å². The zero-order chi connectivity index (χ0) is 12.8. The van der Waals surface area contributed by atoms with E-state index in [2.05, 4.69) is 29.1 Å². The minimum Gasteiger partial charge on any atom is -0.370 e. The standard InChI is InChI=1S/C15H25N3/c1-3-5-12-6-8-13(9-7-12)15-17-11-10-14(18-15)16-4-2/h10-13H,3-9H2,1-2H3,(H,16,17,18). The smallest absolute Gasteiger partial charge is 0.133 e. The lowest BCUT2D eigenvalue weighted by atomic mass is 9.80. The fourth-order valence-corrected chi connectivity index (χ4v) is 2.97. The molecule has 0 amide bonds. The van der Waals surface area contributed by atoms with Crippen LogP contribution in [0.5, 0.6) is 0 Å². The van der Waals surface area contributed by atoms with E-state index in [0.29, 0.717) is 5.92 Å². The van der Waals surface area contributed by atoms with Crippen molar-refractivity contribution in [2.45, 2.75) is 58.3 Å². The molecule has 0 bridgehead atoms. The van der Waals surface area contributed by atoms with Crippen LogP contribution in [0.4, 0.5) is 5.82 Å². The van der Waals surface area contributed by atoms with Crippen LogP contribution in [0.25, 0.3) is 0 Å². The number of nitrogens with one attached hydrogen (secondary N) is 1. The molecule has 3 heteroatoms. The van der Waals surface area contributed by atoms with Crippen LogP contribution in [0, 0.1) is 5.92 Å². The Bertz CT molecular complexity index is 357. The van der Waals surface area contributed by atoms with E-state index < -0.39 is 0 Å². The molecule has 1 fully saturated rings. The van der Waals surface area contributed by atoms with E-state index in [1.165, 1.54) is 38.5 Å². The summed E-state index contributed by atoms with van der Waals surface area (Å²) in [5.41, 5.74) is 0. The van der Waals surface area contributed by atoms with Crippen LogP contribution in [-0.2, 0) is 0 Å². The highest BCUT2D eigenvalue weighted by molar-refractivity contribution is 5.33. The van der Waals surface area contributed by atoms with Crippen molar-refractivity contribution in [3.8, 4) is 0 Å². The van der Waals surface area contributed by atoms with E-state index in [-0.39, 0.29) is 0 Å². The van der Waals surface area contributed by atoms with Crippen LogP contribution in [-0.4, -0.2) is 16.5 Å². The van der Waals surface area contributed by atoms with Gasteiger partial charge in [-0.05, 0) is 44.6 Å². The minimum atomic E-state index is 0.580. The predicted octanol–water partition coefficient (Wildman–Crippen LogP) is 3.98. The third kappa shape index (κ3) is 3.44. The van der Waals surface area contributed by atoms with Gasteiger partial charge in [0.25, 0.3) is 0 Å². The molecule has 1 N–H and O–H groups in total. The molecule has 3 nitrogen and oxygen atoms in total. The van der Waals surface area contributed by atoms with E-state index in [9.17, 15) is 0 Å². The number of aromatic nitrogens is 2. The van der Waals surface area contributed by atoms with Gasteiger partial charge in [-0.2, -0.15) is 0 Å². The summed E-state index contributed by atoms with van der Waals surface area (Å²) in [7, 11) is 0. The van der Waals surface area contributed by atoms with Gasteiger partial charge in [-0.1, -0.05) is 19.8 Å². The molecule has 0 aromatic carbocycles. The molecule has 18 heavy (non-hydrogen) atoms. The Morgan fingerprint density at radius 2 is 2.00 bits per heavy atom. The maximum atomic E-state index is 4.63. The van der Waals surface area contributed by atoms with Gasteiger partial charge in [0.2, 0.25) is 0 Å². The fourth-order valence-electron chi connectivity index (χ4n) is 2.97. The van der Waals surface area contributed by atoms with Crippen molar-refractivity contribution >= 4 is 5.82 Å². The Balaban J connectivity index is 1.94. The summed E-state index contributed by atoms with van der Waals surface area (Å²) >= 11 is 0. The molecule has 0 spiro atoms. The molecule has 1 saturated carbocycles. The van der Waals surface area contributed by atoms with Crippen LogP contribution in [0.2, 0.25) is 0 Å². The number of hydrogen-bond acceptors (Lipinski definition) is 3. The van der Waals surface area contributed by atoms with Crippen molar-refractivity contribution in [3.05, 3.63) is 18.1 Å². The van der Waals surface area contributed by atoms with Crippen LogP contribution in [0.15, 0.2) is 12.3 Å². The minimum absolute atomic E-state index is 0.580. The number of hydrogen-bond donors (Lipinski definition) is 1. The number of rotatable bonds is 5. The summed E-state index contributed by atoms with van der Waals surface area (Å²) in [5, 5.41) is 3.26. The highest BCUT2D eigenvalue weighted by atomic mass is 15.0. The molecule has 0 atom stereocenters. The van der Waals surface area contributed by atoms with Crippen molar-refractivity contribution in [3.63, 3.8) is 0 Å². The summed E-state index contributed by atoms with van der Waals surface area (Å²) in [6.45, 7) is 5.30. The zero-order valence-corrected chi connectivity index (χ0v) is 11.7. The average Bonchev–Trinajstić information content (AvgIpc) is 2.41. The van der Waals surface area contributed by atoms with Crippen molar-refractivity contribution in [2.75, 3.05) is 11.9 Å². The van der Waals surface area contributed by atoms with E-state index in [0.717, 1.165) is 24.1 Å². The van der Waals surface area contributed by atoms with E-state index in [1.54, 1.807) is 0 Å².